The highest BCUT2D eigenvalue weighted by Gasteiger charge is 2.24. The van der Waals surface area contributed by atoms with Gasteiger partial charge in [0.2, 0.25) is 0 Å². The lowest BCUT2D eigenvalue weighted by Gasteiger charge is -2.09. The highest BCUT2D eigenvalue weighted by Crippen LogP contribution is 2.38. The summed E-state index contributed by atoms with van der Waals surface area (Å²) in [6.07, 6.45) is 2.19. The molecule has 2 rings (SSSR count). The van der Waals surface area contributed by atoms with Crippen LogP contribution in [0.5, 0.6) is 0 Å². The van der Waals surface area contributed by atoms with E-state index in [1.807, 2.05) is 0 Å². The van der Waals surface area contributed by atoms with Crippen molar-refractivity contribution in [1.29, 1.82) is 0 Å². The average molecular weight is 267 g/mol. The van der Waals surface area contributed by atoms with Crippen LogP contribution in [-0.4, -0.2) is 13.7 Å². The molecule has 0 radical (unpaired) electrons. The third-order valence-electron chi connectivity index (χ3n) is 3.05. The number of ether oxygens (including phenoxy) is 1. The van der Waals surface area contributed by atoms with Crippen LogP contribution in [0.25, 0.3) is 5.57 Å². The van der Waals surface area contributed by atoms with Crippen molar-refractivity contribution in [3.63, 3.8) is 0 Å². The first-order chi connectivity index (χ1) is 7.22. The Kier molecular flexibility index (Phi) is 3.27. The summed E-state index contributed by atoms with van der Waals surface area (Å²) in [5.41, 5.74) is 4.01. The summed E-state index contributed by atoms with van der Waals surface area (Å²) in [7, 11) is 1.75. The van der Waals surface area contributed by atoms with E-state index in [0.29, 0.717) is 5.92 Å². The van der Waals surface area contributed by atoms with Crippen LogP contribution in [-0.2, 0) is 11.2 Å². The van der Waals surface area contributed by atoms with Crippen LogP contribution in [0.4, 0.5) is 0 Å². The molecule has 2 heteroatoms. The van der Waals surface area contributed by atoms with Gasteiger partial charge in [-0.25, -0.2) is 0 Å². The van der Waals surface area contributed by atoms with Gasteiger partial charge in [-0.05, 0) is 47.6 Å². The largest absolute Gasteiger partial charge is 0.385 e. The molecule has 0 aromatic heterocycles. The van der Waals surface area contributed by atoms with Crippen LogP contribution in [0, 0.1) is 5.92 Å². The van der Waals surface area contributed by atoms with Gasteiger partial charge in [0, 0.05) is 18.2 Å². The summed E-state index contributed by atoms with van der Waals surface area (Å²) in [6.45, 7) is 5.01. The summed E-state index contributed by atoms with van der Waals surface area (Å²) in [6, 6.07) is 6.46. The van der Waals surface area contributed by atoms with Crippen LogP contribution in [0.2, 0.25) is 0 Å². The van der Waals surface area contributed by atoms with E-state index >= 15 is 0 Å². The van der Waals surface area contributed by atoms with Gasteiger partial charge in [0.1, 0.15) is 0 Å². The van der Waals surface area contributed by atoms with E-state index in [2.05, 4.69) is 40.7 Å². The molecular weight excluding hydrogens is 252 g/mol. The highest BCUT2D eigenvalue weighted by molar-refractivity contribution is 9.10. The van der Waals surface area contributed by atoms with Crippen molar-refractivity contribution >= 4 is 21.5 Å². The first-order valence-electron chi connectivity index (χ1n) is 5.19. The molecule has 1 nitrogen and oxygen atoms in total. The maximum absolute atomic E-state index is 5.12. The van der Waals surface area contributed by atoms with Crippen LogP contribution in [0.15, 0.2) is 29.3 Å². The predicted molar refractivity (Wildman–Crippen MR) is 66.9 cm³/mol. The zero-order valence-corrected chi connectivity index (χ0v) is 10.5. The molecule has 1 aliphatic rings. The third kappa shape index (κ3) is 2.16. The lowest BCUT2D eigenvalue weighted by Crippen LogP contribution is -2.02. The maximum atomic E-state index is 5.12. The fraction of sp³-hybridized carbons (Fsp3) is 0.385. The summed E-state index contributed by atoms with van der Waals surface area (Å²) >= 11 is 3.50. The van der Waals surface area contributed by atoms with Gasteiger partial charge in [-0.3, -0.25) is 0 Å². The fourth-order valence-electron chi connectivity index (χ4n) is 2.17. The van der Waals surface area contributed by atoms with Crippen LogP contribution >= 0.6 is 15.9 Å². The molecule has 0 amide bonds. The number of hydrogen-bond donors (Lipinski definition) is 0. The number of allylic oxidation sites excluding steroid dienone is 1. The quantitative estimate of drug-likeness (QED) is 0.811. The molecule has 80 valence electrons. The Labute approximate surface area is 99.3 Å². The molecule has 0 bridgehead atoms. The highest BCUT2D eigenvalue weighted by atomic mass is 79.9. The molecule has 0 aliphatic heterocycles. The monoisotopic (exact) mass is 266 g/mol. The standard InChI is InChI=1S/C13H15BrO/c1-9-10(5-6-15-2)7-11-3-4-12(14)8-13(9)11/h3-4,8,10H,1,5-7H2,2H3. The van der Waals surface area contributed by atoms with E-state index < -0.39 is 0 Å². The topological polar surface area (TPSA) is 9.23 Å². The molecule has 0 saturated carbocycles. The zero-order valence-electron chi connectivity index (χ0n) is 8.92. The maximum Gasteiger partial charge on any atom is 0.0468 e. The normalized spacial score (nSPS) is 19.3. The summed E-state index contributed by atoms with van der Waals surface area (Å²) in [5.74, 6) is 0.564. The first-order valence-corrected chi connectivity index (χ1v) is 5.98. The van der Waals surface area contributed by atoms with Crippen molar-refractivity contribution in [2.45, 2.75) is 12.8 Å². The van der Waals surface area contributed by atoms with Gasteiger partial charge in [-0.2, -0.15) is 0 Å². The Bertz CT molecular complexity index is 384. The third-order valence-corrected chi connectivity index (χ3v) is 3.54. The Morgan fingerprint density at radius 1 is 1.53 bits per heavy atom. The van der Waals surface area contributed by atoms with Gasteiger partial charge in [-0.1, -0.05) is 28.6 Å². The Morgan fingerprint density at radius 3 is 3.07 bits per heavy atom. The van der Waals surface area contributed by atoms with E-state index in [0.717, 1.165) is 23.9 Å². The molecule has 0 spiro atoms. The Hall–Kier alpha value is -0.600. The van der Waals surface area contributed by atoms with Crippen LogP contribution in [0.1, 0.15) is 17.5 Å². The number of fused-ring (bicyclic) bond motifs is 1. The molecule has 0 heterocycles. The molecule has 0 fully saturated rings. The molecule has 15 heavy (non-hydrogen) atoms. The summed E-state index contributed by atoms with van der Waals surface area (Å²) in [5, 5.41) is 0. The van der Waals surface area contributed by atoms with Crippen LogP contribution < -0.4 is 0 Å². The van der Waals surface area contributed by atoms with Gasteiger partial charge in [0.15, 0.2) is 0 Å². The molecule has 1 atom stereocenters. The van der Waals surface area contributed by atoms with Crippen LogP contribution in [0.3, 0.4) is 0 Å². The van der Waals surface area contributed by atoms with E-state index in [4.69, 9.17) is 4.74 Å². The van der Waals surface area contributed by atoms with Gasteiger partial charge in [-0.15, -0.1) is 0 Å². The van der Waals surface area contributed by atoms with Crippen molar-refractivity contribution in [2.75, 3.05) is 13.7 Å². The number of methoxy groups -OCH3 is 1. The molecule has 1 unspecified atom stereocenters. The zero-order chi connectivity index (χ0) is 10.8. The number of benzene rings is 1. The van der Waals surface area contributed by atoms with Crippen molar-refractivity contribution < 1.29 is 4.74 Å². The molecule has 1 aromatic rings. The lowest BCUT2D eigenvalue weighted by atomic mass is 9.98. The average Bonchev–Trinajstić information content (AvgIpc) is 2.53. The summed E-state index contributed by atoms with van der Waals surface area (Å²) in [4.78, 5) is 0. The fourth-order valence-corrected chi connectivity index (χ4v) is 2.53. The molecule has 1 aliphatic carbocycles. The predicted octanol–water partition coefficient (Wildman–Crippen LogP) is 3.67. The first kappa shape index (κ1) is 10.9. The molecular formula is C13H15BrO. The van der Waals surface area contributed by atoms with E-state index in [9.17, 15) is 0 Å². The molecule has 0 saturated heterocycles. The van der Waals surface area contributed by atoms with Gasteiger partial charge >= 0.3 is 0 Å². The van der Waals surface area contributed by atoms with Crippen molar-refractivity contribution in [3.05, 3.63) is 40.4 Å². The Balaban J connectivity index is 2.18. The number of hydrogen-bond acceptors (Lipinski definition) is 1. The van der Waals surface area contributed by atoms with Crippen molar-refractivity contribution in [2.24, 2.45) is 5.92 Å². The number of rotatable bonds is 3. The summed E-state index contributed by atoms with van der Waals surface area (Å²) < 4.78 is 6.26. The van der Waals surface area contributed by atoms with Crippen molar-refractivity contribution in [3.8, 4) is 0 Å². The second-order valence-electron chi connectivity index (χ2n) is 4.01. The Morgan fingerprint density at radius 2 is 2.33 bits per heavy atom. The lowest BCUT2D eigenvalue weighted by molar-refractivity contribution is 0.186. The number of halogens is 1. The van der Waals surface area contributed by atoms with E-state index in [1.165, 1.54) is 16.7 Å². The van der Waals surface area contributed by atoms with E-state index in [-0.39, 0.29) is 0 Å². The minimum Gasteiger partial charge on any atom is -0.385 e. The van der Waals surface area contributed by atoms with Gasteiger partial charge < -0.3 is 4.74 Å². The van der Waals surface area contributed by atoms with Crippen molar-refractivity contribution in [1.82, 2.24) is 0 Å². The van der Waals surface area contributed by atoms with E-state index in [1.54, 1.807) is 7.11 Å². The van der Waals surface area contributed by atoms with Gasteiger partial charge in [0.05, 0.1) is 0 Å². The second kappa shape index (κ2) is 4.50. The van der Waals surface area contributed by atoms with Gasteiger partial charge in [0.25, 0.3) is 0 Å². The smallest absolute Gasteiger partial charge is 0.0468 e. The minimum atomic E-state index is 0.564. The minimum absolute atomic E-state index is 0.564. The molecule has 0 N–H and O–H groups in total. The second-order valence-corrected chi connectivity index (χ2v) is 4.92. The molecule has 1 aromatic carbocycles. The SMILES string of the molecule is C=C1c2cc(Br)ccc2CC1CCOC.